The molecule has 144 valence electrons. The fraction of sp³-hybridized carbons (Fsp3) is 0.240. The van der Waals surface area contributed by atoms with Crippen molar-refractivity contribution in [3.8, 4) is 17.2 Å². The summed E-state index contributed by atoms with van der Waals surface area (Å²) in [6, 6.07) is 26.5. The van der Waals surface area contributed by atoms with Gasteiger partial charge in [0.25, 0.3) is 0 Å². The van der Waals surface area contributed by atoms with E-state index in [1.54, 1.807) is 6.07 Å². The molecule has 0 radical (unpaired) electrons. The van der Waals surface area contributed by atoms with Crippen LogP contribution in [0.5, 0.6) is 0 Å². The van der Waals surface area contributed by atoms with Crippen molar-refractivity contribution in [1.29, 1.82) is 5.26 Å². The Balaban J connectivity index is 1.26. The van der Waals surface area contributed by atoms with Crippen LogP contribution in [0.1, 0.15) is 22.6 Å². The van der Waals surface area contributed by atoms with Crippen molar-refractivity contribution in [2.75, 3.05) is 13.1 Å². The summed E-state index contributed by atoms with van der Waals surface area (Å²) < 4.78 is 14.0. The van der Waals surface area contributed by atoms with Crippen LogP contribution in [0.25, 0.3) is 11.1 Å². The van der Waals surface area contributed by atoms with E-state index in [0.29, 0.717) is 30.1 Å². The first kappa shape index (κ1) is 18.1. The standard InChI is InChI=1S/C25H22FN3/c26-22-4-2-1-3-21(22)14-29-15-23-25(24(16-29)28-23)20-11-9-19(10-12-20)18-7-5-17(13-27)6-8-18/h1-12,23-25,28H,14-16H2/t23-,24+,25?. The third-order valence-electron chi connectivity index (χ3n) is 6.20. The zero-order valence-electron chi connectivity index (χ0n) is 16.1. The van der Waals surface area contributed by atoms with Crippen LogP contribution in [0.4, 0.5) is 4.39 Å². The highest BCUT2D eigenvalue weighted by Crippen LogP contribution is 2.38. The van der Waals surface area contributed by atoms with E-state index in [1.807, 2.05) is 36.4 Å². The molecule has 0 amide bonds. The van der Waals surface area contributed by atoms with Crippen LogP contribution >= 0.6 is 0 Å². The van der Waals surface area contributed by atoms with Crippen LogP contribution < -0.4 is 5.32 Å². The topological polar surface area (TPSA) is 39.1 Å². The van der Waals surface area contributed by atoms with Crippen LogP contribution in [0.3, 0.4) is 0 Å². The normalized spacial score (nSPS) is 23.2. The Morgan fingerprint density at radius 3 is 2.14 bits per heavy atom. The number of piperidine rings is 1. The molecule has 29 heavy (non-hydrogen) atoms. The lowest BCUT2D eigenvalue weighted by Crippen LogP contribution is -2.71. The molecule has 3 aromatic carbocycles. The average Bonchev–Trinajstić information content (AvgIpc) is 2.76. The number of benzene rings is 3. The van der Waals surface area contributed by atoms with E-state index in [0.717, 1.165) is 29.8 Å². The fourth-order valence-electron chi connectivity index (χ4n) is 4.70. The molecule has 3 nitrogen and oxygen atoms in total. The van der Waals surface area contributed by atoms with Gasteiger partial charge in [0.05, 0.1) is 11.6 Å². The monoisotopic (exact) mass is 383 g/mol. The lowest BCUT2D eigenvalue weighted by atomic mass is 9.74. The first-order valence-electron chi connectivity index (χ1n) is 10.0. The third-order valence-corrected chi connectivity index (χ3v) is 6.20. The molecule has 3 saturated heterocycles. The van der Waals surface area contributed by atoms with E-state index in [-0.39, 0.29) is 5.82 Å². The second-order valence-corrected chi connectivity index (χ2v) is 8.00. The summed E-state index contributed by atoms with van der Waals surface area (Å²) in [5.41, 5.74) is 5.10. The van der Waals surface area contributed by atoms with E-state index in [1.165, 1.54) is 11.6 Å². The van der Waals surface area contributed by atoms with Gasteiger partial charge in [0.2, 0.25) is 0 Å². The van der Waals surface area contributed by atoms with Crippen molar-refractivity contribution in [3.05, 3.63) is 95.3 Å². The van der Waals surface area contributed by atoms with E-state index in [4.69, 9.17) is 5.26 Å². The maximum absolute atomic E-state index is 14.0. The zero-order chi connectivity index (χ0) is 19.8. The van der Waals surface area contributed by atoms with Crippen molar-refractivity contribution >= 4 is 0 Å². The lowest BCUT2D eigenvalue weighted by Gasteiger charge is -2.55. The van der Waals surface area contributed by atoms with Crippen LogP contribution in [0.15, 0.2) is 72.8 Å². The molecule has 0 spiro atoms. The Hall–Kier alpha value is -3.00. The molecule has 3 heterocycles. The molecule has 3 aliphatic rings. The molecule has 0 saturated carbocycles. The summed E-state index contributed by atoms with van der Waals surface area (Å²) >= 11 is 0. The third kappa shape index (κ3) is 3.44. The van der Waals surface area contributed by atoms with Gasteiger partial charge in [0.1, 0.15) is 5.82 Å². The van der Waals surface area contributed by atoms with Gasteiger partial charge in [0.15, 0.2) is 0 Å². The van der Waals surface area contributed by atoms with Crippen LogP contribution in [-0.4, -0.2) is 30.1 Å². The molecule has 1 N–H and O–H groups in total. The van der Waals surface area contributed by atoms with Gasteiger partial charge in [-0.1, -0.05) is 54.6 Å². The maximum atomic E-state index is 14.0. The van der Waals surface area contributed by atoms with Gasteiger partial charge in [0, 0.05) is 43.2 Å². The number of nitrogens with zero attached hydrogens (tertiary/aromatic N) is 2. The van der Waals surface area contributed by atoms with Gasteiger partial charge >= 0.3 is 0 Å². The van der Waals surface area contributed by atoms with Crippen molar-refractivity contribution in [1.82, 2.24) is 10.2 Å². The largest absolute Gasteiger partial charge is 0.307 e. The second kappa shape index (κ2) is 7.44. The average molecular weight is 383 g/mol. The number of rotatable bonds is 4. The predicted molar refractivity (Wildman–Crippen MR) is 112 cm³/mol. The zero-order valence-corrected chi connectivity index (χ0v) is 16.1. The van der Waals surface area contributed by atoms with Gasteiger partial charge in [-0.2, -0.15) is 5.26 Å². The molecule has 0 aromatic heterocycles. The number of fused-ring (bicyclic) bond motifs is 2. The molecular formula is C25H22FN3. The molecule has 0 aliphatic carbocycles. The van der Waals surface area contributed by atoms with Gasteiger partial charge in [-0.3, -0.25) is 4.90 Å². The summed E-state index contributed by atoms with van der Waals surface area (Å²) in [5.74, 6) is 0.400. The summed E-state index contributed by atoms with van der Waals surface area (Å²) in [4.78, 5) is 2.35. The van der Waals surface area contributed by atoms with E-state index in [2.05, 4.69) is 40.6 Å². The quantitative estimate of drug-likeness (QED) is 0.730. The molecule has 2 bridgehead atoms. The Morgan fingerprint density at radius 2 is 1.52 bits per heavy atom. The molecular weight excluding hydrogens is 361 g/mol. The number of hydrogen-bond donors (Lipinski definition) is 1. The Kier molecular flexibility index (Phi) is 4.63. The van der Waals surface area contributed by atoms with Gasteiger partial charge in [-0.25, -0.2) is 4.39 Å². The molecule has 3 atom stereocenters. The van der Waals surface area contributed by atoms with Gasteiger partial charge in [-0.15, -0.1) is 0 Å². The van der Waals surface area contributed by atoms with Crippen LogP contribution in [0.2, 0.25) is 0 Å². The van der Waals surface area contributed by atoms with Gasteiger partial charge in [-0.05, 0) is 34.9 Å². The Bertz CT molecular complexity index is 1040. The van der Waals surface area contributed by atoms with Crippen molar-refractivity contribution in [2.24, 2.45) is 0 Å². The molecule has 3 fully saturated rings. The molecule has 3 aliphatic heterocycles. The SMILES string of the molecule is N#Cc1ccc(-c2ccc(C3[C@@H]4CN(Cc5ccccc5F)C[C@H]3N4)cc2)cc1. The molecule has 1 unspecified atom stereocenters. The van der Waals surface area contributed by atoms with Crippen molar-refractivity contribution in [3.63, 3.8) is 0 Å². The van der Waals surface area contributed by atoms with E-state index in [9.17, 15) is 4.39 Å². The fourth-order valence-corrected chi connectivity index (χ4v) is 4.70. The minimum atomic E-state index is -0.116. The Labute approximate surface area is 170 Å². The molecule has 6 rings (SSSR count). The summed E-state index contributed by atoms with van der Waals surface area (Å²) in [6.45, 7) is 2.55. The van der Waals surface area contributed by atoms with Crippen LogP contribution in [-0.2, 0) is 6.54 Å². The number of hydrogen-bond acceptors (Lipinski definition) is 3. The highest BCUT2D eigenvalue weighted by Gasteiger charge is 2.46. The number of halogens is 1. The predicted octanol–water partition coefficient (Wildman–Crippen LogP) is 4.30. The summed E-state index contributed by atoms with van der Waals surface area (Å²) in [5, 5.41) is 12.6. The summed E-state index contributed by atoms with van der Waals surface area (Å²) in [6.07, 6.45) is 0. The van der Waals surface area contributed by atoms with Crippen molar-refractivity contribution in [2.45, 2.75) is 24.5 Å². The first-order chi connectivity index (χ1) is 14.2. The first-order valence-corrected chi connectivity index (χ1v) is 10.0. The molecule has 3 aromatic rings. The molecule has 4 heteroatoms. The van der Waals surface area contributed by atoms with E-state index < -0.39 is 0 Å². The van der Waals surface area contributed by atoms with E-state index >= 15 is 0 Å². The number of piperazine rings is 1. The number of nitriles is 1. The van der Waals surface area contributed by atoms with Crippen LogP contribution in [0, 0.1) is 17.1 Å². The summed E-state index contributed by atoms with van der Waals surface area (Å²) in [7, 11) is 0. The van der Waals surface area contributed by atoms with Gasteiger partial charge < -0.3 is 5.32 Å². The smallest absolute Gasteiger partial charge is 0.127 e. The Morgan fingerprint density at radius 1 is 0.897 bits per heavy atom. The minimum absolute atomic E-state index is 0.116. The second-order valence-electron chi connectivity index (χ2n) is 8.00. The lowest BCUT2D eigenvalue weighted by molar-refractivity contribution is 0.0464. The highest BCUT2D eigenvalue weighted by molar-refractivity contribution is 5.64. The minimum Gasteiger partial charge on any atom is -0.307 e. The van der Waals surface area contributed by atoms with Crippen molar-refractivity contribution < 1.29 is 4.39 Å². The number of nitrogens with one attached hydrogen (secondary N) is 1. The maximum Gasteiger partial charge on any atom is 0.127 e. The highest BCUT2D eigenvalue weighted by atomic mass is 19.1.